The van der Waals surface area contributed by atoms with Crippen LogP contribution in [0.25, 0.3) is 0 Å². The van der Waals surface area contributed by atoms with Crippen molar-refractivity contribution in [2.24, 2.45) is 5.73 Å². The number of hydrogen-bond acceptors (Lipinski definition) is 5. The average Bonchev–Trinajstić information content (AvgIpc) is 2.75. The molecule has 0 saturated carbocycles. The van der Waals surface area contributed by atoms with Crippen LogP contribution in [0.4, 0.5) is 5.69 Å². The van der Waals surface area contributed by atoms with Gasteiger partial charge in [0, 0.05) is 6.07 Å². The summed E-state index contributed by atoms with van der Waals surface area (Å²) in [4.78, 5) is 15.9. The van der Waals surface area contributed by atoms with Gasteiger partial charge in [0.25, 0.3) is 0 Å². The van der Waals surface area contributed by atoms with Crippen LogP contribution in [0, 0.1) is 0 Å². The smallest absolute Gasteiger partial charge is 0.241 e. The highest BCUT2D eigenvalue weighted by molar-refractivity contribution is 5.94. The molecule has 4 rings (SSSR count). The number of rotatable bonds is 5. The molecule has 3 aromatic rings. The van der Waals surface area contributed by atoms with Crippen molar-refractivity contribution in [2.75, 3.05) is 5.32 Å². The third-order valence-corrected chi connectivity index (χ3v) is 4.79. The first kappa shape index (κ1) is 21.6. The molecular weight excluding hydrogens is 402 g/mol. The van der Waals surface area contributed by atoms with E-state index in [2.05, 4.69) is 22.4 Å². The summed E-state index contributed by atoms with van der Waals surface area (Å²) in [6.45, 7) is 1.63. The fourth-order valence-corrected chi connectivity index (χ4v) is 3.22. The summed E-state index contributed by atoms with van der Waals surface area (Å²) in [5.74, 6) is 1.77. The largest absolute Gasteiger partial charge is 0.485 e. The van der Waals surface area contributed by atoms with Gasteiger partial charge in [-0.25, -0.2) is 4.98 Å². The van der Waals surface area contributed by atoms with Crippen LogP contribution in [-0.4, -0.2) is 16.9 Å². The molecule has 0 fully saturated rings. The lowest BCUT2D eigenvalue weighted by Crippen LogP contribution is -2.32. The molecule has 6 nitrogen and oxygen atoms in total. The first-order chi connectivity index (χ1) is 14.1. The molecule has 1 amide bonds. The van der Waals surface area contributed by atoms with E-state index in [0.29, 0.717) is 17.3 Å². The summed E-state index contributed by atoms with van der Waals surface area (Å²) in [5.41, 5.74) is 8.43. The molecule has 156 valence electrons. The first-order valence-corrected chi connectivity index (χ1v) is 9.63. The fourth-order valence-electron chi connectivity index (χ4n) is 3.22. The number of anilines is 1. The number of carbonyl (C=O) groups is 1. The van der Waals surface area contributed by atoms with Crippen LogP contribution in [0.15, 0.2) is 66.9 Å². The third kappa shape index (κ3) is 5.09. The number of nitrogens with two attached hydrogens (primary N) is 1. The van der Waals surface area contributed by atoms with Crippen molar-refractivity contribution < 1.29 is 14.3 Å². The van der Waals surface area contributed by atoms with Crippen molar-refractivity contribution >= 4 is 24.0 Å². The maximum absolute atomic E-state index is 11.6. The monoisotopic (exact) mass is 425 g/mol. The Kier molecular flexibility index (Phi) is 6.92. The number of nitrogens with one attached hydrogen (secondary N) is 1. The number of ether oxygens (including phenoxy) is 2. The number of hydrogen-bond donors (Lipinski definition) is 2. The van der Waals surface area contributed by atoms with Gasteiger partial charge in [0.15, 0.2) is 0 Å². The van der Waals surface area contributed by atoms with Crippen LogP contribution in [0.1, 0.15) is 30.6 Å². The molecule has 1 unspecified atom stereocenters. The lowest BCUT2D eigenvalue weighted by Gasteiger charge is -2.26. The lowest BCUT2D eigenvalue weighted by molar-refractivity contribution is -0.117. The SMILES string of the molecule is C[C@H](N)C(=O)Nc1ccc(Oc2ccc3c(c2)CCC(c2ccccc2)O3)nc1.Cl. The second kappa shape index (κ2) is 9.61. The van der Waals surface area contributed by atoms with E-state index < -0.39 is 6.04 Å². The lowest BCUT2D eigenvalue weighted by atomic mass is 9.97. The van der Waals surface area contributed by atoms with Crippen LogP contribution in [-0.2, 0) is 11.2 Å². The van der Waals surface area contributed by atoms with E-state index in [0.717, 1.165) is 24.2 Å². The minimum atomic E-state index is -0.579. The van der Waals surface area contributed by atoms with E-state index in [1.54, 1.807) is 25.3 Å². The molecule has 1 aliphatic rings. The zero-order chi connectivity index (χ0) is 20.2. The molecular formula is C23H24ClN3O3. The van der Waals surface area contributed by atoms with Crippen molar-refractivity contribution in [3.63, 3.8) is 0 Å². The van der Waals surface area contributed by atoms with Gasteiger partial charge in [0.2, 0.25) is 11.8 Å². The Balaban J connectivity index is 0.00000256. The maximum Gasteiger partial charge on any atom is 0.241 e. The van der Waals surface area contributed by atoms with Gasteiger partial charge in [0.1, 0.15) is 17.6 Å². The van der Waals surface area contributed by atoms with E-state index >= 15 is 0 Å². The minimum absolute atomic E-state index is 0. The van der Waals surface area contributed by atoms with Crippen LogP contribution in [0.2, 0.25) is 0 Å². The summed E-state index contributed by atoms with van der Waals surface area (Å²) in [5, 5.41) is 2.69. The van der Waals surface area contributed by atoms with E-state index in [1.807, 2.05) is 36.4 Å². The Labute approximate surface area is 181 Å². The number of halogens is 1. The zero-order valence-electron chi connectivity index (χ0n) is 16.6. The van der Waals surface area contributed by atoms with Gasteiger partial charge in [-0.3, -0.25) is 4.79 Å². The third-order valence-electron chi connectivity index (χ3n) is 4.79. The predicted molar refractivity (Wildman–Crippen MR) is 118 cm³/mol. The number of aromatic nitrogens is 1. The van der Waals surface area contributed by atoms with Gasteiger partial charge in [-0.05, 0) is 55.2 Å². The van der Waals surface area contributed by atoms with Crippen LogP contribution >= 0.6 is 12.4 Å². The van der Waals surface area contributed by atoms with Gasteiger partial charge in [-0.1, -0.05) is 30.3 Å². The Hall–Kier alpha value is -3.09. The Morgan fingerprint density at radius 3 is 2.70 bits per heavy atom. The number of amides is 1. The number of nitrogens with zero attached hydrogens (tertiary/aromatic N) is 1. The highest BCUT2D eigenvalue weighted by Crippen LogP contribution is 2.37. The van der Waals surface area contributed by atoms with Crippen LogP contribution in [0.5, 0.6) is 17.4 Å². The first-order valence-electron chi connectivity index (χ1n) is 9.63. The Morgan fingerprint density at radius 2 is 2.00 bits per heavy atom. The molecule has 0 radical (unpaired) electrons. The predicted octanol–water partition coefficient (Wildman–Crippen LogP) is 4.65. The molecule has 30 heavy (non-hydrogen) atoms. The van der Waals surface area contributed by atoms with Crippen molar-refractivity contribution in [3.05, 3.63) is 78.0 Å². The van der Waals surface area contributed by atoms with Crippen LogP contribution < -0.4 is 20.5 Å². The Morgan fingerprint density at radius 1 is 1.20 bits per heavy atom. The maximum atomic E-state index is 11.6. The molecule has 1 aromatic heterocycles. The van der Waals surface area contributed by atoms with Crippen molar-refractivity contribution in [3.8, 4) is 17.4 Å². The minimum Gasteiger partial charge on any atom is -0.485 e. The molecule has 7 heteroatoms. The number of benzene rings is 2. The second-order valence-corrected chi connectivity index (χ2v) is 7.09. The van der Waals surface area contributed by atoms with Gasteiger partial charge in [-0.15, -0.1) is 12.4 Å². The quantitative estimate of drug-likeness (QED) is 0.621. The molecule has 3 N–H and O–H groups in total. The van der Waals surface area contributed by atoms with Crippen molar-refractivity contribution in [1.82, 2.24) is 4.98 Å². The summed E-state index contributed by atoms with van der Waals surface area (Å²) >= 11 is 0. The number of carbonyl (C=O) groups excluding carboxylic acids is 1. The highest BCUT2D eigenvalue weighted by Gasteiger charge is 2.21. The topological polar surface area (TPSA) is 86.5 Å². The van der Waals surface area contributed by atoms with E-state index in [-0.39, 0.29) is 24.4 Å². The number of aryl methyl sites for hydroxylation is 1. The normalized spacial score (nSPS) is 15.7. The molecule has 2 atom stereocenters. The number of pyridine rings is 1. The molecule has 1 aliphatic heterocycles. The van der Waals surface area contributed by atoms with Gasteiger partial charge < -0.3 is 20.5 Å². The molecule has 2 aromatic carbocycles. The second-order valence-electron chi connectivity index (χ2n) is 7.09. The number of fused-ring (bicyclic) bond motifs is 1. The van der Waals surface area contributed by atoms with Gasteiger partial charge >= 0.3 is 0 Å². The van der Waals surface area contributed by atoms with E-state index in [1.165, 1.54) is 5.56 Å². The molecule has 0 bridgehead atoms. The summed E-state index contributed by atoms with van der Waals surface area (Å²) in [6, 6.07) is 18.9. The van der Waals surface area contributed by atoms with E-state index in [9.17, 15) is 4.79 Å². The molecule has 2 heterocycles. The average molecular weight is 426 g/mol. The van der Waals surface area contributed by atoms with Gasteiger partial charge in [-0.2, -0.15) is 0 Å². The fraction of sp³-hybridized carbons (Fsp3) is 0.217. The summed E-state index contributed by atoms with van der Waals surface area (Å²) in [6.07, 6.45) is 3.46. The highest BCUT2D eigenvalue weighted by atomic mass is 35.5. The van der Waals surface area contributed by atoms with Crippen molar-refractivity contribution in [2.45, 2.75) is 31.9 Å². The Bertz CT molecular complexity index is 994. The summed E-state index contributed by atoms with van der Waals surface area (Å²) in [7, 11) is 0. The molecule has 0 spiro atoms. The van der Waals surface area contributed by atoms with E-state index in [4.69, 9.17) is 15.2 Å². The molecule has 0 saturated heterocycles. The van der Waals surface area contributed by atoms with Crippen LogP contribution in [0.3, 0.4) is 0 Å². The summed E-state index contributed by atoms with van der Waals surface area (Å²) < 4.78 is 12.0. The van der Waals surface area contributed by atoms with Crippen molar-refractivity contribution in [1.29, 1.82) is 0 Å². The zero-order valence-corrected chi connectivity index (χ0v) is 17.4. The van der Waals surface area contributed by atoms with Gasteiger partial charge in [0.05, 0.1) is 17.9 Å². The standard InChI is InChI=1S/C23H23N3O3.ClH/c1-15(24)23(27)26-18-8-12-22(25-14-18)28-19-9-11-21-17(13-19)7-10-20(29-21)16-5-3-2-4-6-16;/h2-6,8-9,11-15,20H,7,10,24H2,1H3,(H,26,27);1H/t15-,20?;/m0./s1. The molecule has 0 aliphatic carbocycles.